The van der Waals surface area contributed by atoms with E-state index in [0.717, 1.165) is 30.6 Å². The van der Waals surface area contributed by atoms with Crippen molar-refractivity contribution in [3.63, 3.8) is 0 Å². The lowest BCUT2D eigenvalue weighted by molar-refractivity contribution is -0.124. The van der Waals surface area contributed by atoms with Gasteiger partial charge in [-0.1, -0.05) is 12.1 Å². The van der Waals surface area contributed by atoms with E-state index in [-0.39, 0.29) is 17.6 Å². The number of rotatable bonds is 3. The number of anilines is 1. The lowest BCUT2D eigenvalue weighted by Crippen LogP contribution is -2.42. The van der Waals surface area contributed by atoms with Gasteiger partial charge in [0.15, 0.2) is 5.78 Å². The van der Waals surface area contributed by atoms with Crippen molar-refractivity contribution in [1.29, 1.82) is 0 Å². The summed E-state index contributed by atoms with van der Waals surface area (Å²) in [6.45, 7) is 3.17. The van der Waals surface area contributed by atoms with Gasteiger partial charge in [0.1, 0.15) is 0 Å². The Morgan fingerprint density at radius 2 is 2.05 bits per heavy atom. The van der Waals surface area contributed by atoms with E-state index in [2.05, 4.69) is 10.2 Å². The quantitative estimate of drug-likeness (QED) is 0.844. The highest BCUT2D eigenvalue weighted by Crippen LogP contribution is 2.26. The highest BCUT2D eigenvalue weighted by atomic mass is 16.1. The van der Waals surface area contributed by atoms with E-state index in [1.165, 1.54) is 0 Å². The minimum Gasteiger partial charge on any atom is -0.370 e. The van der Waals surface area contributed by atoms with Crippen LogP contribution in [0.1, 0.15) is 30.1 Å². The predicted octanol–water partition coefficient (Wildman–Crippen LogP) is 1.85. The van der Waals surface area contributed by atoms with Crippen molar-refractivity contribution in [1.82, 2.24) is 5.32 Å². The number of piperidine rings is 1. The lowest BCUT2D eigenvalue weighted by Gasteiger charge is -2.34. The van der Waals surface area contributed by atoms with Crippen LogP contribution in [0.5, 0.6) is 0 Å². The summed E-state index contributed by atoms with van der Waals surface area (Å²) in [6, 6.07) is 7.62. The molecule has 4 nitrogen and oxygen atoms in total. The largest absolute Gasteiger partial charge is 0.370 e. The molecule has 102 valence electrons. The number of Topliss-reactive ketones (excluding diaryl/α,β-unsaturated/α-hetero) is 1. The first-order valence-corrected chi connectivity index (χ1v) is 6.70. The van der Waals surface area contributed by atoms with Crippen LogP contribution in [0.4, 0.5) is 5.69 Å². The molecule has 0 spiro atoms. The van der Waals surface area contributed by atoms with E-state index < -0.39 is 0 Å². The maximum atomic E-state index is 11.8. The van der Waals surface area contributed by atoms with E-state index in [1.807, 2.05) is 24.3 Å². The fourth-order valence-electron chi connectivity index (χ4n) is 2.66. The molecule has 2 rings (SSSR count). The number of nitrogens with zero attached hydrogens (tertiary/aromatic N) is 1. The average Bonchev–Trinajstić information content (AvgIpc) is 2.46. The molecule has 0 radical (unpaired) electrons. The van der Waals surface area contributed by atoms with E-state index in [0.29, 0.717) is 6.54 Å². The Bertz CT molecular complexity index is 485. The monoisotopic (exact) mass is 260 g/mol. The SMILES string of the molecule is CNC(=O)C1CCCN(c2ccccc2C(C)=O)C1. The Labute approximate surface area is 113 Å². The van der Waals surface area contributed by atoms with Gasteiger partial charge in [0.2, 0.25) is 5.91 Å². The molecule has 1 N–H and O–H groups in total. The molecule has 1 aromatic rings. The van der Waals surface area contributed by atoms with Gasteiger partial charge in [-0.05, 0) is 31.9 Å². The number of benzene rings is 1. The third kappa shape index (κ3) is 2.95. The molecule has 1 saturated heterocycles. The van der Waals surface area contributed by atoms with Crippen molar-refractivity contribution in [2.24, 2.45) is 5.92 Å². The fraction of sp³-hybridized carbons (Fsp3) is 0.467. The van der Waals surface area contributed by atoms with Crippen LogP contribution in [0.2, 0.25) is 0 Å². The summed E-state index contributed by atoms with van der Waals surface area (Å²) in [5, 5.41) is 2.71. The Balaban J connectivity index is 2.22. The van der Waals surface area contributed by atoms with Gasteiger partial charge in [0, 0.05) is 31.4 Å². The molecule has 0 aromatic heterocycles. The molecule has 1 atom stereocenters. The number of carbonyl (C=O) groups excluding carboxylic acids is 2. The molecule has 1 aromatic carbocycles. The number of amides is 1. The minimum absolute atomic E-state index is 0.0127. The van der Waals surface area contributed by atoms with Gasteiger partial charge in [-0.2, -0.15) is 0 Å². The van der Waals surface area contributed by atoms with Crippen molar-refractivity contribution < 1.29 is 9.59 Å². The molecular weight excluding hydrogens is 240 g/mol. The normalized spacial score (nSPS) is 19.1. The van der Waals surface area contributed by atoms with Crippen molar-refractivity contribution in [2.45, 2.75) is 19.8 Å². The highest BCUT2D eigenvalue weighted by molar-refractivity contribution is 5.99. The zero-order chi connectivity index (χ0) is 13.8. The number of nitrogens with one attached hydrogen (secondary N) is 1. The van der Waals surface area contributed by atoms with E-state index in [9.17, 15) is 9.59 Å². The second kappa shape index (κ2) is 5.87. The van der Waals surface area contributed by atoms with Crippen LogP contribution in [-0.4, -0.2) is 31.8 Å². The van der Waals surface area contributed by atoms with Gasteiger partial charge in [-0.25, -0.2) is 0 Å². The first-order valence-electron chi connectivity index (χ1n) is 6.70. The third-order valence-electron chi connectivity index (χ3n) is 3.66. The second-order valence-electron chi connectivity index (χ2n) is 4.97. The second-order valence-corrected chi connectivity index (χ2v) is 4.97. The molecule has 0 bridgehead atoms. The van der Waals surface area contributed by atoms with Crippen molar-refractivity contribution in [3.8, 4) is 0 Å². The Kier molecular flexibility index (Phi) is 4.20. The molecule has 1 fully saturated rings. The van der Waals surface area contributed by atoms with Crippen LogP contribution in [-0.2, 0) is 4.79 Å². The van der Waals surface area contributed by atoms with Crippen molar-refractivity contribution in [3.05, 3.63) is 29.8 Å². The van der Waals surface area contributed by atoms with Gasteiger partial charge >= 0.3 is 0 Å². The molecule has 19 heavy (non-hydrogen) atoms. The molecule has 0 aliphatic carbocycles. The Morgan fingerprint density at radius 3 is 2.74 bits per heavy atom. The van der Waals surface area contributed by atoms with Crippen LogP contribution in [0, 0.1) is 5.92 Å². The molecule has 0 saturated carbocycles. The van der Waals surface area contributed by atoms with Gasteiger partial charge in [-0.3, -0.25) is 9.59 Å². The van der Waals surface area contributed by atoms with Crippen LogP contribution in [0.15, 0.2) is 24.3 Å². The number of carbonyl (C=O) groups is 2. The maximum absolute atomic E-state index is 11.8. The standard InChI is InChI=1S/C15H20N2O2/c1-11(18)13-7-3-4-8-14(13)17-9-5-6-12(10-17)15(19)16-2/h3-4,7-8,12H,5-6,9-10H2,1-2H3,(H,16,19). The molecular formula is C15H20N2O2. The summed E-state index contributed by atoms with van der Waals surface area (Å²) >= 11 is 0. The zero-order valence-electron chi connectivity index (χ0n) is 11.5. The van der Waals surface area contributed by atoms with Gasteiger partial charge in [0.05, 0.1) is 5.92 Å². The topological polar surface area (TPSA) is 49.4 Å². The molecule has 1 aliphatic rings. The molecule has 1 unspecified atom stereocenters. The summed E-state index contributed by atoms with van der Waals surface area (Å²) in [5.74, 6) is 0.168. The summed E-state index contributed by atoms with van der Waals surface area (Å²) in [4.78, 5) is 25.6. The fourth-order valence-corrected chi connectivity index (χ4v) is 2.66. The van der Waals surface area contributed by atoms with Crippen LogP contribution >= 0.6 is 0 Å². The van der Waals surface area contributed by atoms with Crippen molar-refractivity contribution in [2.75, 3.05) is 25.0 Å². The maximum Gasteiger partial charge on any atom is 0.224 e. The van der Waals surface area contributed by atoms with Crippen LogP contribution in [0.3, 0.4) is 0 Å². The number of hydrogen-bond donors (Lipinski definition) is 1. The molecule has 1 amide bonds. The lowest BCUT2D eigenvalue weighted by atomic mass is 9.95. The highest BCUT2D eigenvalue weighted by Gasteiger charge is 2.26. The van der Waals surface area contributed by atoms with E-state index in [4.69, 9.17) is 0 Å². The van der Waals surface area contributed by atoms with E-state index >= 15 is 0 Å². The molecule has 1 aliphatic heterocycles. The Morgan fingerprint density at radius 1 is 1.32 bits per heavy atom. The number of para-hydroxylation sites is 1. The van der Waals surface area contributed by atoms with Crippen LogP contribution in [0.25, 0.3) is 0 Å². The first-order chi connectivity index (χ1) is 9.13. The smallest absolute Gasteiger partial charge is 0.224 e. The zero-order valence-corrected chi connectivity index (χ0v) is 11.5. The third-order valence-corrected chi connectivity index (χ3v) is 3.66. The summed E-state index contributed by atoms with van der Waals surface area (Å²) in [6.07, 6.45) is 1.89. The number of hydrogen-bond acceptors (Lipinski definition) is 3. The summed E-state index contributed by atoms with van der Waals surface area (Å²) in [5.41, 5.74) is 1.68. The van der Waals surface area contributed by atoms with Gasteiger partial charge in [0.25, 0.3) is 0 Å². The van der Waals surface area contributed by atoms with E-state index in [1.54, 1.807) is 14.0 Å². The van der Waals surface area contributed by atoms with Crippen molar-refractivity contribution >= 4 is 17.4 Å². The summed E-state index contributed by atoms with van der Waals surface area (Å²) < 4.78 is 0. The Hall–Kier alpha value is -1.84. The summed E-state index contributed by atoms with van der Waals surface area (Å²) in [7, 11) is 1.67. The molecule has 1 heterocycles. The number of ketones is 1. The average molecular weight is 260 g/mol. The predicted molar refractivity (Wildman–Crippen MR) is 75.5 cm³/mol. The van der Waals surface area contributed by atoms with Crippen LogP contribution < -0.4 is 10.2 Å². The minimum atomic E-state index is 0.0127. The molecule has 4 heteroatoms. The van der Waals surface area contributed by atoms with Gasteiger partial charge < -0.3 is 10.2 Å². The first kappa shape index (κ1) is 13.6. The van der Waals surface area contributed by atoms with Gasteiger partial charge in [-0.15, -0.1) is 0 Å².